The number of alkyl halides is 3. The van der Waals surface area contributed by atoms with Crippen molar-refractivity contribution in [2.75, 3.05) is 24.5 Å². The van der Waals surface area contributed by atoms with Crippen molar-refractivity contribution in [3.63, 3.8) is 0 Å². The van der Waals surface area contributed by atoms with Crippen molar-refractivity contribution in [1.82, 2.24) is 19.9 Å². The summed E-state index contributed by atoms with van der Waals surface area (Å²) in [5.41, 5.74) is 0.166. The number of aliphatic hydroxyl groups is 1. The van der Waals surface area contributed by atoms with Crippen LogP contribution in [0.1, 0.15) is 18.5 Å². The number of aliphatic hydroxyl groups excluding tert-OH is 1. The van der Waals surface area contributed by atoms with E-state index in [9.17, 15) is 18.3 Å². The van der Waals surface area contributed by atoms with Crippen molar-refractivity contribution in [3.8, 4) is 0 Å². The summed E-state index contributed by atoms with van der Waals surface area (Å²) in [7, 11) is 0. The Bertz CT molecular complexity index is 982. The van der Waals surface area contributed by atoms with Gasteiger partial charge >= 0.3 is 6.18 Å². The Hall–Kier alpha value is -2.65. The van der Waals surface area contributed by atoms with Crippen molar-refractivity contribution in [2.24, 2.45) is 0 Å². The van der Waals surface area contributed by atoms with Gasteiger partial charge in [-0.25, -0.2) is 9.97 Å². The molecular weight excluding hydrogens is 395 g/mol. The van der Waals surface area contributed by atoms with Crippen molar-refractivity contribution < 1.29 is 18.3 Å². The number of nitrogens with one attached hydrogen (secondary N) is 1. The van der Waals surface area contributed by atoms with Crippen molar-refractivity contribution in [2.45, 2.75) is 37.7 Å². The van der Waals surface area contributed by atoms with Gasteiger partial charge in [-0.3, -0.25) is 0 Å². The smallest absolute Gasteiger partial charge is 0.390 e. The number of rotatable bonds is 6. The Balaban J connectivity index is 1.26. The third-order valence-electron chi connectivity index (χ3n) is 5.44. The molecule has 0 spiro atoms. The lowest BCUT2D eigenvalue weighted by Gasteiger charge is -2.33. The van der Waals surface area contributed by atoms with Gasteiger partial charge in [0.1, 0.15) is 5.69 Å². The lowest BCUT2D eigenvalue weighted by molar-refractivity contribution is -0.141. The molecule has 0 bridgehead atoms. The Kier molecular flexibility index (Phi) is 5.92. The van der Waals surface area contributed by atoms with Gasteiger partial charge in [-0.15, -0.1) is 0 Å². The molecule has 1 fully saturated rings. The molecule has 30 heavy (non-hydrogen) atoms. The second-order valence-corrected chi connectivity index (χ2v) is 7.59. The second kappa shape index (κ2) is 8.61. The highest BCUT2D eigenvalue weighted by atomic mass is 19.4. The van der Waals surface area contributed by atoms with Gasteiger partial charge in [0, 0.05) is 50.1 Å². The van der Waals surface area contributed by atoms with E-state index in [1.54, 1.807) is 4.90 Å². The fraction of sp³-hybridized carbons (Fsp3) is 0.429. The zero-order valence-corrected chi connectivity index (χ0v) is 16.4. The zero-order chi connectivity index (χ0) is 21.1. The highest BCUT2D eigenvalue weighted by Gasteiger charge is 2.33. The Morgan fingerprint density at radius 1 is 1.13 bits per heavy atom. The van der Waals surface area contributed by atoms with Gasteiger partial charge in [0.15, 0.2) is 0 Å². The molecule has 160 valence electrons. The van der Waals surface area contributed by atoms with Crippen molar-refractivity contribution in [3.05, 3.63) is 54.5 Å². The number of fused-ring (bicyclic) bond motifs is 1. The highest BCUT2D eigenvalue weighted by Crippen LogP contribution is 2.28. The lowest BCUT2D eigenvalue weighted by Crippen LogP contribution is -2.45. The van der Waals surface area contributed by atoms with Crippen LogP contribution in [0.15, 0.2) is 48.8 Å². The standard InChI is InChI=1S/C21H24F3N5O/c22-21(23,24)19-5-9-25-20(27-19)28-11-7-16(8-12-28)26-13-17(30)14-29-10-6-15-3-1-2-4-18(15)29/h1-6,9-10,16-17,26,30H,7-8,11-14H2. The minimum absolute atomic E-state index is 0.114. The Morgan fingerprint density at radius 2 is 1.90 bits per heavy atom. The number of anilines is 1. The maximum absolute atomic E-state index is 12.9. The maximum atomic E-state index is 12.9. The monoisotopic (exact) mass is 419 g/mol. The van der Waals surface area contributed by atoms with Crippen molar-refractivity contribution >= 4 is 16.9 Å². The van der Waals surface area contributed by atoms with Crippen LogP contribution in [-0.4, -0.2) is 51.4 Å². The van der Waals surface area contributed by atoms with E-state index in [0.717, 1.165) is 36.0 Å². The summed E-state index contributed by atoms with van der Waals surface area (Å²) in [4.78, 5) is 9.43. The average molecular weight is 419 g/mol. The van der Waals surface area contributed by atoms with Gasteiger partial charge in [-0.2, -0.15) is 13.2 Å². The summed E-state index contributed by atoms with van der Waals surface area (Å²) < 4.78 is 40.6. The lowest BCUT2D eigenvalue weighted by atomic mass is 10.1. The number of hydrogen-bond acceptors (Lipinski definition) is 5. The summed E-state index contributed by atoms with van der Waals surface area (Å²) in [5.74, 6) is 0.114. The predicted molar refractivity (Wildman–Crippen MR) is 108 cm³/mol. The third kappa shape index (κ3) is 4.73. The first-order valence-electron chi connectivity index (χ1n) is 10.0. The van der Waals surface area contributed by atoms with Crippen LogP contribution in [0.3, 0.4) is 0 Å². The van der Waals surface area contributed by atoms with Crippen LogP contribution in [0.5, 0.6) is 0 Å². The number of aromatic nitrogens is 3. The molecule has 1 unspecified atom stereocenters. The molecule has 3 aromatic rings. The molecular formula is C21H24F3N5O. The second-order valence-electron chi connectivity index (χ2n) is 7.59. The molecule has 1 saturated heterocycles. The van der Waals surface area contributed by atoms with Gasteiger partial charge in [0.25, 0.3) is 0 Å². The zero-order valence-electron chi connectivity index (χ0n) is 16.4. The van der Waals surface area contributed by atoms with Crippen LogP contribution in [0.25, 0.3) is 10.9 Å². The number of nitrogens with zero attached hydrogens (tertiary/aromatic N) is 4. The predicted octanol–water partition coefficient (Wildman–Crippen LogP) is 3.07. The van der Waals surface area contributed by atoms with Crippen LogP contribution >= 0.6 is 0 Å². The quantitative estimate of drug-likeness (QED) is 0.643. The molecule has 2 aromatic heterocycles. The highest BCUT2D eigenvalue weighted by molar-refractivity contribution is 5.79. The molecule has 6 nitrogen and oxygen atoms in total. The fourth-order valence-corrected chi connectivity index (χ4v) is 3.84. The molecule has 1 atom stereocenters. The number of para-hydroxylation sites is 1. The van der Waals surface area contributed by atoms with Crippen LogP contribution < -0.4 is 10.2 Å². The average Bonchev–Trinajstić information content (AvgIpc) is 3.15. The van der Waals surface area contributed by atoms with Crippen LogP contribution in [-0.2, 0) is 12.7 Å². The number of halogens is 3. The van der Waals surface area contributed by atoms with Crippen LogP contribution in [0, 0.1) is 0 Å². The fourth-order valence-electron chi connectivity index (χ4n) is 3.84. The molecule has 2 N–H and O–H groups in total. The van der Waals surface area contributed by atoms with Gasteiger partial charge in [0.05, 0.1) is 6.10 Å². The molecule has 1 aromatic carbocycles. The van der Waals surface area contributed by atoms with E-state index >= 15 is 0 Å². The van der Waals surface area contributed by atoms with Crippen LogP contribution in [0.2, 0.25) is 0 Å². The normalized spacial score (nSPS) is 16.9. The molecule has 0 amide bonds. The van der Waals surface area contributed by atoms with E-state index in [1.165, 1.54) is 0 Å². The summed E-state index contributed by atoms with van der Waals surface area (Å²) in [6, 6.07) is 11.1. The first kappa shape index (κ1) is 20.6. The van der Waals surface area contributed by atoms with Gasteiger partial charge in [-0.1, -0.05) is 18.2 Å². The van der Waals surface area contributed by atoms with E-state index < -0.39 is 18.0 Å². The topological polar surface area (TPSA) is 66.2 Å². The molecule has 0 saturated carbocycles. The van der Waals surface area contributed by atoms with E-state index in [2.05, 4.69) is 15.3 Å². The largest absolute Gasteiger partial charge is 0.433 e. The van der Waals surface area contributed by atoms with Crippen LogP contribution in [0.4, 0.5) is 19.1 Å². The third-order valence-corrected chi connectivity index (χ3v) is 5.44. The molecule has 0 radical (unpaired) electrons. The summed E-state index contributed by atoms with van der Waals surface area (Å²) in [5, 5.41) is 14.9. The SMILES string of the molecule is OC(CNC1CCN(c2nccc(C(F)(F)F)n2)CC1)Cn1ccc2ccccc21. The Labute approximate surface area is 172 Å². The minimum atomic E-state index is -4.47. The number of benzene rings is 1. The minimum Gasteiger partial charge on any atom is -0.390 e. The summed E-state index contributed by atoms with van der Waals surface area (Å²) in [6.07, 6.45) is -0.389. The molecule has 1 aliphatic heterocycles. The van der Waals surface area contributed by atoms with Gasteiger partial charge in [-0.05, 0) is 36.4 Å². The van der Waals surface area contributed by atoms with E-state index in [0.29, 0.717) is 26.2 Å². The molecule has 0 aliphatic carbocycles. The molecule has 1 aliphatic rings. The van der Waals surface area contributed by atoms with Gasteiger partial charge < -0.3 is 19.9 Å². The molecule has 9 heteroatoms. The number of piperidine rings is 1. The van der Waals surface area contributed by atoms with E-state index in [-0.39, 0.29) is 12.0 Å². The van der Waals surface area contributed by atoms with Gasteiger partial charge in [0.2, 0.25) is 5.95 Å². The first-order chi connectivity index (χ1) is 14.4. The molecule has 4 rings (SSSR count). The summed E-state index contributed by atoms with van der Waals surface area (Å²) in [6.45, 7) is 2.09. The van der Waals surface area contributed by atoms with E-state index in [1.807, 2.05) is 41.1 Å². The van der Waals surface area contributed by atoms with E-state index in [4.69, 9.17) is 0 Å². The number of hydrogen-bond donors (Lipinski definition) is 2. The first-order valence-corrected chi connectivity index (χ1v) is 10.0. The Morgan fingerprint density at radius 3 is 2.67 bits per heavy atom. The van der Waals surface area contributed by atoms with Crippen molar-refractivity contribution in [1.29, 1.82) is 0 Å². The summed E-state index contributed by atoms with van der Waals surface area (Å²) >= 11 is 0. The maximum Gasteiger partial charge on any atom is 0.433 e. The molecule has 3 heterocycles.